The second-order valence-electron chi connectivity index (χ2n) is 4.58. The summed E-state index contributed by atoms with van der Waals surface area (Å²) in [7, 11) is 1.39. The Hall–Kier alpha value is -2.16. The predicted octanol–water partition coefficient (Wildman–Crippen LogP) is 4.04. The van der Waals surface area contributed by atoms with Crippen molar-refractivity contribution >= 4 is 5.78 Å². The second kappa shape index (κ2) is 6.85. The number of methoxy groups -OCH3 is 1. The average molecular weight is 272 g/mol. The highest BCUT2D eigenvalue weighted by Gasteiger charge is 2.14. The molecule has 2 rings (SSSR count). The van der Waals surface area contributed by atoms with Gasteiger partial charge in [0.25, 0.3) is 0 Å². The van der Waals surface area contributed by atoms with Crippen LogP contribution >= 0.6 is 0 Å². The van der Waals surface area contributed by atoms with Crippen LogP contribution in [0.5, 0.6) is 5.75 Å². The summed E-state index contributed by atoms with van der Waals surface area (Å²) in [6.45, 7) is 0. The quantitative estimate of drug-likeness (QED) is 0.742. The van der Waals surface area contributed by atoms with Gasteiger partial charge in [0.15, 0.2) is 17.3 Å². The minimum absolute atomic E-state index is 0.109. The summed E-state index contributed by atoms with van der Waals surface area (Å²) >= 11 is 0. The third kappa shape index (κ3) is 3.44. The summed E-state index contributed by atoms with van der Waals surface area (Å²) in [5.74, 6) is -0.643. The van der Waals surface area contributed by atoms with Crippen LogP contribution in [0.25, 0.3) is 0 Å². The maximum absolute atomic E-state index is 13.9. The first kappa shape index (κ1) is 14.3. The summed E-state index contributed by atoms with van der Waals surface area (Å²) in [5, 5.41) is 0. The molecule has 2 nitrogen and oxygen atoms in total. The van der Waals surface area contributed by atoms with Crippen molar-refractivity contribution in [1.82, 2.24) is 0 Å². The Morgan fingerprint density at radius 1 is 1.10 bits per heavy atom. The highest BCUT2D eigenvalue weighted by molar-refractivity contribution is 5.96. The van der Waals surface area contributed by atoms with Crippen LogP contribution in [0.4, 0.5) is 4.39 Å². The van der Waals surface area contributed by atoms with Crippen molar-refractivity contribution in [3.8, 4) is 5.75 Å². The van der Waals surface area contributed by atoms with Gasteiger partial charge in [-0.3, -0.25) is 4.79 Å². The molecule has 2 aromatic carbocycles. The molecule has 0 spiro atoms. The molecule has 0 aliphatic rings. The number of rotatable bonds is 6. The molecular weight excluding hydrogens is 255 g/mol. The SMILES string of the molecule is COc1cccc(C(=O)CCCc2ccccc2)c1F. The van der Waals surface area contributed by atoms with E-state index in [1.807, 2.05) is 30.3 Å². The first-order valence-electron chi connectivity index (χ1n) is 6.62. The van der Waals surface area contributed by atoms with Gasteiger partial charge in [-0.2, -0.15) is 0 Å². The first-order valence-corrected chi connectivity index (χ1v) is 6.62. The van der Waals surface area contributed by atoms with Gasteiger partial charge in [-0.05, 0) is 30.5 Å². The Balaban J connectivity index is 1.95. The van der Waals surface area contributed by atoms with Gasteiger partial charge in [-0.25, -0.2) is 4.39 Å². The van der Waals surface area contributed by atoms with Crippen molar-refractivity contribution in [2.24, 2.45) is 0 Å². The van der Waals surface area contributed by atoms with Crippen LogP contribution in [0.2, 0.25) is 0 Å². The molecule has 2 aromatic rings. The van der Waals surface area contributed by atoms with E-state index in [2.05, 4.69) is 0 Å². The maximum Gasteiger partial charge on any atom is 0.175 e. The molecule has 104 valence electrons. The molecule has 3 heteroatoms. The summed E-state index contributed by atoms with van der Waals surface area (Å²) in [4.78, 5) is 12.0. The number of hydrogen-bond donors (Lipinski definition) is 0. The van der Waals surface area contributed by atoms with Gasteiger partial charge >= 0.3 is 0 Å². The van der Waals surface area contributed by atoms with Crippen LogP contribution in [-0.4, -0.2) is 12.9 Å². The van der Waals surface area contributed by atoms with Gasteiger partial charge in [0, 0.05) is 6.42 Å². The lowest BCUT2D eigenvalue weighted by molar-refractivity contribution is 0.0975. The Kier molecular flexibility index (Phi) is 4.88. The van der Waals surface area contributed by atoms with E-state index < -0.39 is 5.82 Å². The standard InChI is InChI=1S/C17H17FO2/c1-20-16-12-6-10-14(17(16)18)15(19)11-5-9-13-7-3-2-4-8-13/h2-4,6-8,10,12H,5,9,11H2,1H3. The van der Waals surface area contributed by atoms with Crippen molar-refractivity contribution < 1.29 is 13.9 Å². The third-order valence-electron chi connectivity index (χ3n) is 3.20. The molecule has 0 bridgehead atoms. The molecule has 20 heavy (non-hydrogen) atoms. The highest BCUT2D eigenvalue weighted by atomic mass is 19.1. The second-order valence-corrected chi connectivity index (χ2v) is 4.58. The molecule has 0 aromatic heterocycles. The molecule has 0 saturated heterocycles. The number of carbonyl (C=O) groups is 1. The van der Waals surface area contributed by atoms with Crippen LogP contribution in [0.15, 0.2) is 48.5 Å². The molecule has 0 radical (unpaired) electrons. The van der Waals surface area contributed by atoms with Crippen molar-refractivity contribution in [2.45, 2.75) is 19.3 Å². The lowest BCUT2D eigenvalue weighted by Gasteiger charge is -2.06. The van der Waals surface area contributed by atoms with E-state index in [0.29, 0.717) is 12.8 Å². The van der Waals surface area contributed by atoms with E-state index in [1.54, 1.807) is 6.07 Å². The van der Waals surface area contributed by atoms with E-state index in [-0.39, 0.29) is 17.1 Å². The van der Waals surface area contributed by atoms with Crippen molar-refractivity contribution in [2.75, 3.05) is 7.11 Å². The average Bonchev–Trinajstić information content (AvgIpc) is 2.48. The van der Waals surface area contributed by atoms with E-state index in [1.165, 1.54) is 24.8 Å². The summed E-state index contributed by atoms with van der Waals surface area (Å²) in [5.41, 5.74) is 1.30. The van der Waals surface area contributed by atoms with Crippen LogP contribution in [-0.2, 0) is 6.42 Å². The molecule has 0 aliphatic carbocycles. The van der Waals surface area contributed by atoms with E-state index in [0.717, 1.165) is 6.42 Å². The topological polar surface area (TPSA) is 26.3 Å². The molecule has 0 atom stereocenters. The minimum Gasteiger partial charge on any atom is -0.494 e. The lowest BCUT2D eigenvalue weighted by Crippen LogP contribution is -2.04. The molecule has 0 amide bonds. The molecule has 0 aliphatic heterocycles. The summed E-state index contributed by atoms with van der Waals surface area (Å²) in [6, 6.07) is 14.6. The molecular formula is C17H17FO2. The number of hydrogen-bond acceptors (Lipinski definition) is 2. The number of Topliss-reactive ketones (excluding diaryl/α,β-unsaturated/α-hetero) is 1. The molecule has 0 N–H and O–H groups in total. The zero-order valence-electron chi connectivity index (χ0n) is 11.4. The predicted molar refractivity (Wildman–Crippen MR) is 76.7 cm³/mol. The number of ether oxygens (including phenoxy) is 1. The third-order valence-corrected chi connectivity index (χ3v) is 3.20. The van der Waals surface area contributed by atoms with Crippen LogP contribution < -0.4 is 4.74 Å². The maximum atomic E-state index is 13.9. The fraction of sp³-hybridized carbons (Fsp3) is 0.235. The monoisotopic (exact) mass is 272 g/mol. The van der Waals surface area contributed by atoms with Crippen molar-refractivity contribution in [3.05, 3.63) is 65.5 Å². The molecule has 0 heterocycles. The van der Waals surface area contributed by atoms with Crippen molar-refractivity contribution in [3.63, 3.8) is 0 Å². The van der Waals surface area contributed by atoms with Gasteiger partial charge in [-0.1, -0.05) is 36.4 Å². The van der Waals surface area contributed by atoms with Gasteiger partial charge in [0.1, 0.15) is 0 Å². The van der Waals surface area contributed by atoms with E-state index in [4.69, 9.17) is 4.74 Å². The van der Waals surface area contributed by atoms with Gasteiger partial charge < -0.3 is 4.74 Å². The van der Waals surface area contributed by atoms with Gasteiger partial charge in [0.2, 0.25) is 0 Å². The Morgan fingerprint density at radius 3 is 2.55 bits per heavy atom. The minimum atomic E-state index is -0.570. The highest BCUT2D eigenvalue weighted by Crippen LogP contribution is 2.21. The van der Waals surface area contributed by atoms with Crippen LogP contribution in [0.1, 0.15) is 28.8 Å². The smallest absolute Gasteiger partial charge is 0.175 e. The Bertz CT molecular complexity index is 579. The number of halogens is 1. The molecule has 0 unspecified atom stereocenters. The zero-order valence-corrected chi connectivity index (χ0v) is 11.4. The summed E-state index contributed by atoms with van der Waals surface area (Å²) < 4.78 is 18.8. The van der Waals surface area contributed by atoms with Crippen LogP contribution in [0.3, 0.4) is 0 Å². The largest absolute Gasteiger partial charge is 0.494 e. The van der Waals surface area contributed by atoms with Gasteiger partial charge in [0.05, 0.1) is 12.7 Å². The lowest BCUT2D eigenvalue weighted by atomic mass is 10.0. The Morgan fingerprint density at radius 2 is 1.85 bits per heavy atom. The summed E-state index contributed by atoms with van der Waals surface area (Å²) in [6.07, 6.45) is 1.86. The number of ketones is 1. The normalized spacial score (nSPS) is 10.3. The number of carbonyl (C=O) groups excluding carboxylic acids is 1. The van der Waals surface area contributed by atoms with E-state index in [9.17, 15) is 9.18 Å². The molecule has 0 fully saturated rings. The fourth-order valence-electron chi connectivity index (χ4n) is 2.12. The fourth-order valence-corrected chi connectivity index (χ4v) is 2.12. The Labute approximate surface area is 118 Å². The zero-order chi connectivity index (χ0) is 14.4. The first-order chi connectivity index (χ1) is 9.72. The molecule has 0 saturated carbocycles. The number of aryl methyl sites for hydroxylation is 1. The van der Waals surface area contributed by atoms with Crippen LogP contribution in [0, 0.1) is 5.82 Å². The van der Waals surface area contributed by atoms with Gasteiger partial charge in [-0.15, -0.1) is 0 Å². The number of benzene rings is 2. The van der Waals surface area contributed by atoms with E-state index >= 15 is 0 Å². The van der Waals surface area contributed by atoms with Crippen molar-refractivity contribution in [1.29, 1.82) is 0 Å².